The molecule has 2 unspecified atom stereocenters. The SMILES string of the molecule is CC1CC(CO)Cc2ccccc21. The first kappa shape index (κ1) is 8.76. The van der Waals surface area contributed by atoms with Crippen LogP contribution in [-0.4, -0.2) is 11.7 Å². The Hall–Kier alpha value is -0.820. The molecule has 2 rings (SSSR count). The van der Waals surface area contributed by atoms with Gasteiger partial charge in [-0.2, -0.15) is 0 Å². The van der Waals surface area contributed by atoms with E-state index in [1.807, 2.05) is 0 Å². The maximum absolute atomic E-state index is 9.13. The van der Waals surface area contributed by atoms with Gasteiger partial charge in [0.2, 0.25) is 0 Å². The minimum atomic E-state index is 0.332. The second-order valence-electron chi connectivity index (χ2n) is 4.09. The predicted molar refractivity (Wildman–Crippen MR) is 53.8 cm³/mol. The van der Waals surface area contributed by atoms with Gasteiger partial charge < -0.3 is 5.11 Å². The average Bonchev–Trinajstić information content (AvgIpc) is 2.18. The molecule has 0 saturated carbocycles. The van der Waals surface area contributed by atoms with Crippen molar-refractivity contribution in [3.05, 3.63) is 35.4 Å². The van der Waals surface area contributed by atoms with Crippen LogP contribution in [0.25, 0.3) is 0 Å². The zero-order chi connectivity index (χ0) is 9.26. The van der Waals surface area contributed by atoms with Crippen molar-refractivity contribution >= 4 is 0 Å². The van der Waals surface area contributed by atoms with Crippen LogP contribution in [0.3, 0.4) is 0 Å². The van der Waals surface area contributed by atoms with Gasteiger partial charge in [0, 0.05) is 6.61 Å². The molecule has 1 aromatic carbocycles. The molecule has 0 amide bonds. The molecule has 0 aliphatic heterocycles. The van der Waals surface area contributed by atoms with Gasteiger partial charge in [0.05, 0.1) is 0 Å². The fraction of sp³-hybridized carbons (Fsp3) is 0.500. The average molecular weight is 176 g/mol. The van der Waals surface area contributed by atoms with Gasteiger partial charge in [0.15, 0.2) is 0 Å². The third kappa shape index (κ3) is 1.61. The Morgan fingerprint density at radius 1 is 1.38 bits per heavy atom. The molecule has 1 N–H and O–H groups in total. The Labute approximate surface area is 79.4 Å². The third-order valence-corrected chi connectivity index (χ3v) is 3.04. The van der Waals surface area contributed by atoms with Crippen molar-refractivity contribution in [2.45, 2.75) is 25.7 Å². The van der Waals surface area contributed by atoms with Crippen LogP contribution in [0.15, 0.2) is 24.3 Å². The van der Waals surface area contributed by atoms with Crippen LogP contribution in [0.1, 0.15) is 30.4 Å². The highest BCUT2D eigenvalue weighted by Crippen LogP contribution is 2.33. The molecule has 0 radical (unpaired) electrons. The van der Waals surface area contributed by atoms with E-state index in [1.54, 1.807) is 0 Å². The Kier molecular flexibility index (Phi) is 2.36. The molecule has 1 aromatic rings. The van der Waals surface area contributed by atoms with Gasteiger partial charge in [-0.3, -0.25) is 0 Å². The first-order valence-corrected chi connectivity index (χ1v) is 5.00. The number of hydrogen-bond acceptors (Lipinski definition) is 1. The van der Waals surface area contributed by atoms with Crippen molar-refractivity contribution in [2.24, 2.45) is 5.92 Å². The molecule has 0 saturated heterocycles. The molecule has 13 heavy (non-hydrogen) atoms. The van der Waals surface area contributed by atoms with Gasteiger partial charge >= 0.3 is 0 Å². The number of hydrogen-bond donors (Lipinski definition) is 1. The lowest BCUT2D eigenvalue weighted by Gasteiger charge is -2.28. The Morgan fingerprint density at radius 3 is 2.92 bits per heavy atom. The van der Waals surface area contributed by atoms with E-state index in [9.17, 15) is 0 Å². The normalized spacial score (nSPS) is 26.9. The van der Waals surface area contributed by atoms with Crippen LogP contribution in [0.4, 0.5) is 0 Å². The van der Waals surface area contributed by atoms with Gasteiger partial charge in [0.25, 0.3) is 0 Å². The zero-order valence-corrected chi connectivity index (χ0v) is 8.03. The Bertz CT molecular complexity index is 293. The standard InChI is InChI=1S/C12H16O/c1-9-6-10(8-13)7-11-4-2-3-5-12(9)11/h2-5,9-10,13H,6-8H2,1H3. The number of rotatable bonds is 1. The third-order valence-electron chi connectivity index (χ3n) is 3.04. The number of fused-ring (bicyclic) bond motifs is 1. The summed E-state index contributed by atoms with van der Waals surface area (Å²) in [7, 11) is 0. The smallest absolute Gasteiger partial charge is 0.0462 e. The monoisotopic (exact) mass is 176 g/mol. The second-order valence-corrected chi connectivity index (χ2v) is 4.09. The quantitative estimate of drug-likeness (QED) is 0.696. The number of aliphatic hydroxyl groups is 1. The summed E-state index contributed by atoms with van der Waals surface area (Å²) in [6.45, 7) is 2.58. The van der Waals surface area contributed by atoms with Crippen molar-refractivity contribution in [2.75, 3.05) is 6.61 Å². The molecule has 2 atom stereocenters. The summed E-state index contributed by atoms with van der Waals surface area (Å²) in [5.74, 6) is 1.09. The lowest BCUT2D eigenvalue weighted by atomic mass is 9.78. The van der Waals surface area contributed by atoms with Crippen LogP contribution in [-0.2, 0) is 6.42 Å². The van der Waals surface area contributed by atoms with E-state index in [0.29, 0.717) is 18.4 Å². The summed E-state index contributed by atoms with van der Waals surface area (Å²) in [6, 6.07) is 8.60. The Morgan fingerprint density at radius 2 is 2.15 bits per heavy atom. The first-order valence-electron chi connectivity index (χ1n) is 5.00. The topological polar surface area (TPSA) is 20.2 Å². The van der Waals surface area contributed by atoms with E-state index < -0.39 is 0 Å². The zero-order valence-electron chi connectivity index (χ0n) is 8.03. The molecule has 0 aromatic heterocycles. The minimum Gasteiger partial charge on any atom is -0.396 e. The number of aliphatic hydroxyl groups excluding tert-OH is 1. The fourth-order valence-electron chi connectivity index (χ4n) is 2.36. The molecule has 0 bridgehead atoms. The summed E-state index contributed by atoms with van der Waals surface area (Å²) < 4.78 is 0. The van der Waals surface area contributed by atoms with Crippen molar-refractivity contribution in [3.63, 3.8) is 0 Å². The van der Waals surface area contributed by atoms with Crippen molar-refractivity contribution in [3.8, 4) is 0 Å². The first-order chi connectivity index (χ1) is 6.31. The van der Waals surface area contributed by atoms with Gasteiger partial charge in [-0.05, 0) is 35.8 Å². The van der Waals surface area contributed by atoms with Gasteiger partial charge in [0.1, 0.15) is 0 Å². The van der Waals surface area contributed by atoms with Crippen LogP contribution in [0, 0.1) is 5.92 Å². The highest BCUT2D eigenvalue weighted by atomic mass is 16.3. The van der Waals surface area contributed by atoms with Crippen molar-refractivity contribution in [1.82, 2.24) is 0 Å². The van der Waals surface area contributed by atoms with Crippen LogP contribution < -0.4 is 0 Å². The van der Waals surface area contributed by atoms with Crippen LogP contribution in [0.5, 0.6) is 0 Å². The molecule has 1 aliphatic rings. The summed E-state index contributed by atoms with van der Waals surface area (Å²) in [4.78, 5) is 0. The molecule has 0 spiro atoms. The molecule has 0 heterocycles. The van der Waals surface area contributed by atoms with Gasteiger partial charge in [-0.15, -0.1) is 0 Å². The molecular weight excluding hydrogens is 160 g/mol. The molecule has 1 aliphatic carbocycles. The maximum Gasteiger partial charge on any atom is 0.0462 e. The van der Waals surface area contributed by atoms with E-state index in [-0.39, 0.29) is 0 Å². The van der Waals surface area contributed by atoms with Crippen molar-refractivity contribution in [1.29, 1.82) is 0 Å². The van der Waals surface area contributed by atoms with E-state index in [1.165, 1.54) is 11.1 Å². The molecule has 1 heteroatoms. The number of benzene rings is 1. The summed E-state index contributed by atoms with van der Waals surface area (Å²) >= 11 is 0. The van der Waals surface area contributed by atoms with Gasteiger partial charge in [-0.1, -0.05) is 31.2 Å². The molecule has 70 valence electrons. The van der Waals surface area contributed by atoms with Gasteiger partial charge in [-0.25, -0.2) is 0 Å². The Balaban J connectivity index is 2.31. The van der Waals surface area contributed by atoms with E-state index in [2.05, 4.69) is 31.2 Å². The molecule has 1 nitrogen and oxygen atoms in total. The second kappa shape index (κ2) is 3.51. The fourth-order valence-corrected chi connectivity index (χ4v) is 2.36. The predicted octanol–water partition coefficient (Wildman–Crippen LogP) is 2.34. The van der Waals surface area contributed by atoms with E-state index in [0.717, 1.165) is 12.8 Å². The minimum absolute atomic E-state index is 0.332. The highest BCUT2D eigenvalue weighted by molar-refractivity contribution is 5.32. The highest BCUT2D eigenvalue weighted by Gasteiger charge is 2.22. The van der Waals surface area contributed by atoms with E-state index in [4.69, 9.17) is 5.11 Å². The summed E-state index contributed by atoms with van der Waals surface area (Å²) in [5.41, 5.74) is 2.91. The maximum atomic E-state index is 9.13. The lowest BCUT2D eigenvalue weighted by molar-refractivity contribution is 0.206. The van der Waals surface area contributed by atoms with Crippen molar-refractivity contribution < 1.29 is 5.11 Å². The largest absolute Gasteiger partial charge is 0.396 e. The molecular formula is C12H16O. The molecule has 0 fully saturated rings. The van der Waals surface area contributed by atoms with Crippen LogP contribution >= 0.6 is 0 Å². The summed E-state index contributed by atoms with van der Waals surface area (Å²) in [5, 5.41) is 9.13. The lowest BCUT2D eigenvalue weighted by Crippen LogP contribution is -2.19. The van der Waals surface area contributed by atoms with E-state index >= 15 is 0 Å². The summed E-state index contributed by atoms with van der Waals surface area (Å²) in [6.07, 6.45) is 2.19. The van der Waals surface area contributed by atoms with Crippen LogP contribution in [0.2, 0.25) is 0 Å².